The number of hydrogen-bond acceptors (Lipinski definition) is 10. The smallest absolute Gasteiger partial charge is 0.338 e. The highest BCUT2D eigenvalue weighted by atomic mass is 16.7. The lowest BCUT2D eigenvalue weighted by molar-refractivity contribution is -0.348. The van der Waals surface area contributed by atoms with Crippen molar-refractivity contribution in [2.24, 2.45) is 5.92 Å². The van der Waals surface area contributed by atoms with Gasteiger partial charge in [-0.15, -0.1) is 0 Å². The fourth-order valence-electron chi connectivity index (χ4n) is 6.41. The van der Waals surface area contributed by atoms with Crippen molar-refractivity contribution in [1.29, 1.82) is 0 Å². The molecule has 2 aliphatic rings. The number of aryl methyl sites for hydroxylation is 1. The van der Waals surface area contributed by atoms with E-state index in [2.05, 4.69) is 31.2 Å². The summed E-state index contributed by atoms with van der Waals surface area (Å²) >= 11 is 0. The molecule has 2 fully saturated rings. The first kappa shape index (κ1) is 38.1. The summed E-state index contributed by atoms with van der Waals surface area (Å²) in [6.45, 7) is 8.55. The Morgan fingerprint density at radius 3 is 2.12 bits per heavy atom. The standard InChI is InChI=1S/C38H54O10/c1-6-8-23-43-32-25(3)31(29(7-2)45-37(32)44-24-17-11-14-20-27-18-12-9-13-19-27)47-38-35(46-36(41)28-21-15-10-16-22-28)34(42-5)30(40)33(48-38)26(4)39/h9-10,12-13,15-16,18-19,21-22,25,29-35,37-38,40H,6-8,11,14,17,20,23-24H2,1-5H3/t25-,29?,30-,31-,32?,33?,34+,35?,37+,38+/m0/s1. The number of benzene rings is 2. The molecule has 2 aromatic carbocycles. The number of carbonyl (C=O) groups excluding carboxylic acids is 2. The normalized spacial score (nSPS) is 30.5. The maximum Gasteiger partial charge on any atom is 0.338 e. The van der Waals surface area contributed by atoms with Crippen molar-refractivity contribution in [2.45, 2.75) is 128 Å². The van der Waals surface area contributed by atoms with Crippen molar-refractivity contribution in [3.05, 3.63) is 71.8 Å². The lowest BCUT2D eigenvalue weighted by atomic mass is 9.88. The van der Waals surface area contributed by atoms with E-state index in [9.17, 15) is 14.7 Å². The molecule has 2 heterocycles. The molecule has 2 saturated heterocycles. The van der Waals surface area contributed by atoms with Gasteiger partial charge in [0.05, 0.1) is 17.8 Å². The van der Waals surface area contributed by atoms with Gasteiger partial charge in [0, 0.05) is 26.2 Å². The molecule has 0 radical (unpaired) electrons. The van der Waals surface area contributed by atoms with Crippen LogP contribution in [0.2, 0.25) is 0 Å². The molecule has 4 unspecified atom stereocenters. The van der Waals surface area contributed by atoms with E-state index in [0.29, 0.717) is 25.2 Å². The van der Waals surface area contributed by atoms with Gasteiger partial charge in [0.1, 0.15) is 24.4 Å². The van der Waals surface area contributed by atoms with E-state index >= 15 is 0 Å². The average molecular weight is 671 g/mol. The molecule has 2 aromatic rings. The van der Waals surface area contributed by atoms with E-state index in [1.54, 1.807) is 30.3 Å². The van der Waals surface area contributed by atoms with Gasteiger partial charge in [-0.2, -0.15) is 0 Å². The Kier molecular flexibility index (Phi) is 15.5. The summed E-state index contributed by atoms with van der Waals surface area (Å²) in [5, 5.41) is 11.0. The van der Waals surface area contributed by atoms with Crippen LogP contribution in [0.5, 0.6) is 0 Å². The van der Waals surface area contributed by atoms with Gasteiger partial charge in [0.2, 0.25) is 0 Å². The largest absolute Gasteiger partial charge is 0.450 e. The SMILES string of the molecule is CCCCOC1[C@H](OCCCCCc2ccccc2)OC(CC)[C@@H](O[C@@H]2OC(C(C)=O)[C@H](O)[C@@H](OC)C2OC(=O)c2ccccc2)[C@@H]1C. The highest BCUT2D eigenvalue weighted by Crippen LogP contribution is 2.36. The number of esters is 1. The second-order valence-electron chi connectivity index (χ2n) is 12.7. The Morgan fingerprint density at radius 1 is 0.792 bits per heavy atom. The van der Waals surface area contributed by atoms with E-state index < -0.39 is 67.1 Å². The second-order valence-corrected chi connectivity index (χ2v) is 12.7. The molecule has 4 rings (SSSR count). The van der Waals surface area contributed by atoms with Gasteiger partial charge in [0.25, 0.3) is 0 Å². The maximum absolute atomic E-state index is 13.2. The van der Waals surface area contributed by atoms with Gasteiger partial charge in [-0.1, -0.05) is 82.1 Å². The quantitative estimate of drug-likeness (QED) is 0.157. The van der Waals surface area contributed by atoms with Gasteiger partial charge >= 0.3 is 5.97 Å². The minimum absolute atomic E-state index is 0.221. The van der Waals surface area contributed by atoms with E-state index in [1.165, 1.54) is 19.6 Å². The van der Waals surface area contributed by atoms with Crippen LogP contribution < -0.4 is 0 Å². The van der Waals surface area contributed by atoms with Gasteiger partial charge in [-0.3, -0.25) is 4.79 Å². The molecule has 10 atom stereocenters. The first-order valence-electron chi connectivity index (χ1n) is 17.5. The lowest BCUT2D eigenvalue weighted by Gasteiger charge is -2.48. The Labute approximate surface area is 285 Å². The van der Waals surface area contributed by atoms with Crippen LogP contribution in [0, 0.1) is 5.92 Å². The van der Waals surface area contributed by atoms with Gasteiger partial charge in [-0.25, -0.2) is 4.79 Å². The number of unbranched alkanes of at least 4 members (excludes halogenated alkanes) is 3. The van der Waals surface area contributed by atoms with E-state index in [-0.39, 0.29) is 5.92 Å². The van der Waals surface area contributed by atoms with Crippen LogP contribution >= 0.6 is 0 Å². The third-order valence-electron chi connectivity index (χ3n) is 9.16. The number of ether oxygens (including phenoxy) is 7. The Bertz CT molecular complexity index is 1230. The third kappa shape index (κ3) is 10.2. The van der Waals surface area contributed by atoms with Crippen molar-refractivity contribution in [3.63, 3.8) is 0 Å². The average Bonchev–Trinajstić information content (AvgIpc) is 3.10. The first-order valence-corrected chi connectivity index (χ1v) is 17.5. The molecule has 0 amide bonds. The lowest BCUT2D eigenvalue weighted by Crippen LogP contribution is -2.64. The second kappa shape index (κ2) is 19.5. The highest BCUT2D eigenvalue weighted by molar-refractivity contribution is 5.89. The summed E-state index contributed by atoms with van der Waals surface area (Å²) in [6.07, 6.45) is -1.61. The van der Waals surface area contributed by atoms with Crippen LogP contribution in [0.3, 0.4) is 0 Å². The topological polar surface area (TPSA) is 119 Å². The number of ketones is 1. The molecule has 1 N–H and O–H groups in total. The van der Waals surface area contributed by atoms with Crippen molar-refractivity contribution in [3.8, 4) is 0 Å². The summed E-state index contributed by atoms with van der Waals surface area (Å²) in [5.74, 6) is -1.25. The summed E-state index contributed by atoms with van der Waals surface area (Å²) in [5.41, 5.74) is 1.66. The molecule has 0 spiro atoms. The van der Waals surface area contributed by atoms with Crippen LogP contribution in [0.1, 0.15) is 82.1 Å². The Morgan fingerprint density at radius 2 is 1.48 bits per heavy atom. The van der Waals surface area contributed by atoms with Crippen LogP contribution in [0.15, 0.2) is 60.7 Å². The highest BCUT2D eigenvalue weighted by Gasteiger charge is 2.53. The molecule has 0 aromatic heterocycles. The molecule has 10 heteroatoms. The molecule has 0 saturated carbocycles. The fourth-order valence-corrected chi connectivity index (χ4v) is 6.41. The predicted molar refractivity (Wildman–Crippen MR) is 179 cm³/mol. The van der Waals surface area contributed by atoms with Crippen LogP contribution in [-0.4, -0.2) is 92.5 Å². The molecular weight excluding hydrogens is 616 g/mol. The molecular formula is C38H54O10. The van der Waals surface area contributed by atoms with E-state index in [4.69, 9.17) is 33.2 Å². The number of hydrogen-bond donors (Lipinski definition) is 1. The third-order valence-corrected chi connectivity index (χ3v) is 9.16. The first-order chi connectivity index (χ1) is 23.3. The van der Waals surface area contributed by atoms with Crippen LogP contribution in [-0.2, 0) is 44.4 Å². The van der Waals surface area contributed by atoms with Gasteiger partial charge in [0.15, 0.2) is 24.5 Å². The van der Waals surface area contributed by atoms with E-state index in [1.807, 2.05) is 19.9 Å². The zero-order chi connectivity index (χ0) is 34.5. The van der Waals surface area contributed by atoms with Crippen molar-refractivity contribution in [1.82, 2.24) is 0 Å². The summed E-state index contributed by atoms with van der Waals surface area (Å²) in [7, 11) is 1.39. The minimum Gasteiger partial charge on any atom is -0.450 e. The zero-order valence-corrected chi connectivity index (χ0v) is 29.0. The maximum atomic E-state index is 13.2. The van der Waals surface area contributed by atoms with Crippen molar-refractivity contribution in [2.75, 3.05) is 20.3 Å². The summed E-state index contributed by atoms with van der Waals surface area (Å²) < 4.78 is 43.5. The molecule has 10 nitrogen and oxygen atoms in total. The summed E-state index contributed by atoms with van der Waals surface area (Å²) in [6, 6.07) is 19.0. The summed E-state index contributed by atoms with van der Waals surface area (Å²) in [4.78, 5) is 25.8. The molecule has 266 valence electrons. The van der Waals surface area contributed by atoms with Crippen LogP contribution in [0.4, 0.5) is 0 Å². The zero-order valence-electron chi connectivity index (χ0n) is 29.0. The molecule has 0 aliphatic carbocycles. The number of aliphatic hydroxyl groups excluding tert-OH is 1. The van der Waals surface area contributed by atoms with Crippen molar-refractivity contribution >= 4 is 11.8 Å². The number of rotatable bonds is 18. The van der Waals surface area contributed by atoms with Crippen LogP contribution in [0.25, 0.3) is 0 Å². The minimum atomic E-state index is -1.38. The van der Waals surface area contributed by atoms with E-state index in [0.717, 1.165) is 38.5 Å². The monoisotopic (exact) mass is 670 g/mol. The van der Waals surface area contributed by atoms with Gasteiger partial charge < -0.3 is 38.3 Å². The molecule has 2 aliphatic heterocycles. The number of carbonyl (C=O) groups is 2. The number of methoxy groups -OCH3 is 1. The van der Waals surface area contributed by atoms with Gasteiger partial charge in [-0.05, 0) is 56.7 Å². The Balaban J connectivity index is 1.48. The predicted octanol–water partition coefficient (Wildman–Crippen LogP) is 5.67. The van der Waals surface area contributed by atoms with Crippen molar-refractivity contribution < 1.29 is 47.9 Å². The number of Topliss-reactive ketones (excluding diaryl/α,β-unsaturated/α-hetero) is 1. The fraction of sp³-hybridized carbons (Fsp3) is 0.632. The molecule has 0 bridgehead atoms. The Hall–Kier alpha value is -2.70. The molecule has 48 heavy (non-hydrogen) atoms. The number of aliphatic hydroxyl groups is 1.